The van der Waals surface area contributed by atoms with Gasteiger partial charge in [0, 0.05) is 24.7 Å². The zero-order chi connectivity index (χ0) is 10.0. The number of hydrogen-bond acceptors (Lipinski definition) is 3. The van der Waals surface area contributed by atoms with Gasteiger partial charge in [0.15, 0.2) is 0 Å². The summed E-state index contributed by atoms with van der Waals surface area (Å²) >= 11 is 0. The molecule has 0 amide bonds. The molecule has 0 aliphatic carbocycles. The second-order valence-electron chi connectivity index (χ2n) is 4.92. The smallest absolute Gasteiger partial charge is 0.0548 e. The molecular weight excluding hydrogens is 178 g/mol. The number of rotatable bonds is 3. The third-order valence-corrected chi connectivity index (χ3v) is 3.59. The second-order valence-corrected chi connectivity index (χ2v) is 4.92. The van der Waals surface area contributed by atoms with Gasteiger partial charge in [-0.2, -0.15) is 0 Å². The maximum Gasteiger partial charge on any atom is 0.0548 e. The van der Waals surface area contributed by atoms with Crippen molar-refractivity contribution in [1.29, 1.82) is 0 Å². The first-order chi connectivity index (χ1) is 6.73. The summed E-state index contributed by atoms with van der Waals surface area (Å²) in [5.74, 6) is 0.774. The van der Waals surface area contributed by atoms with E-state index in [1.54, 1.807) is 0 Å². The lowest BCUT2D eigenvalue weighted by atomic mass is 9.67. The molecule has 2 fully saturated rings. The third kappa shape index (κ3) is 1.95. The van der Waals surface area contributed by atoms with Gasteiger partial charge in [0.05, 0.1) is 13.2 Å². The standard InChI is InChI=1S/C11H21NO2/c1-9(12)6-11(7-14-8-11)10-2-4-13-5-3-10/h9-10H,2-8,12H2,1H3. The van der Waals surface area contributed by atoms with Crippen molar-refractivity contribution in [3.05, 3.63) is 0 Å². The second kappa shape index (κ2) is 4.17. The van der Waals surface area contributed by atoms with Crippen LogP contribution in [0.15, 0.2) is 0 Å². The van der Waals surface area contributed by atoms with Crippen LogP contribution in [0.25, 0.3) is 0 Å². The van der Waals surface area contributed by atoms with Crippen molar-refractivity contribution in [3.63, 3.8) is 0 Å². The van der Waals surface area contributed by atoms with E-state index in [1.807, 2.05) is 0 Å². The fourth-order valence-electron chi connectivity index (χ4n) is 2.84. The first kappa shape index (κ1) is 10.4. The summed E-state index contributed by atoms with van der Waals surface area (Å²) in [5, 5.41) is 0. The molecule has 0 aromatic heterocycles. The zero-order valence-electron chi connectivity index (χ0n) is 9.00. The van der Waals surface area contributed by atoms with Gasteiger partial charge >= 0.3 is 0 Å². The third-order valence-electron chi connectivity index (χ3n) is 3.59. The van der Waals surface area contributed by atoms with Crippen LogP contribution in [-0.2, 0) is 9.47 Å². The van der Waals surface area contributed by atoms with Crippen LogP contribution in [0.1, 0.15) is 26.2 Å². The Labute approximate surface area is 85.9 Å². The Hall–Kier alpha value is -0.120. The van der Waals surface area contributed by atoms with E-state index in [4.69, 9.17) is 15.2 Å². The molecule has 2 rings (SSSR count). The molecule has 2 N–H and O–H groups in total. The van der Waals surface area contributed by atoms with E-state index in [0.29, 0.717) is 11.5 Å². The lowest BCUT2D eigenvalue weighted by Gasteiger charge is -2.49. The van der Waals surface area contributed by atoms with Crippen molar-refractivity contribution >= 4 is 0 Å². The van der Waals surface area contributed by atoms with Crippen LogP contribution >= 0.6 is 0 Å². The Kier molecular flexibility index (Phi) is 3.10. The van der Waals surface area contributed by atoms with Gasteiger partial charge in [0.25, 0.3) is 0 Å². The van der Waals surface area contributed by atoms with E-state index in [0.717, 1.165) is 38.8 Å². The Morgan fingerprint density at radius 1 is 1.29 bits per heavy atom. The van der Waals surface area contributed by atoms with Crippen molar-refractivity contribution in [2.75, 3.05) is 26.4 Å². The maximum absolute atomic E-state index is 5.91. The summed E-state index contributed by atoms with van der Waals surface area (Å²) in [6.45, 7) is 5.77. The zero-order valence-corrected chi connectivity index (χ0v) is 9.00. The lowest BCUT2D eigenvalue weighted by molar-refractivity contribution is -0.168. The predicted octanol–water partition coefficient (Wildman–Crippen LogP) is 1.17. The van der Waals surface area contributed by atoms with E-state index in [-0.39, 0.29) is 0 Å². The van der Waals surface area contributed by atoms with Gasteiger partial charge in [-0.1, -0.05) is 0 Å². The van der Waals surface area contributed by atoms with Crippen molar-refractivity contribution in [1.82, 2.24) is 0 Å². The molecular formula is C11H21NO2. The Balaban J connectivity index is 1.95. The molecule has 3 nitrogen and oxygen atoms in total. The molecule has 2 aliphatic heterocycles. The molecule has 2 saturated heterocycles. The van der Waals surface area contributed by atoms with E-state index < -0.39 is 0 Å². The minimum atomic E-state index is 0.293. The molecule has 1 unspecified atom stereocenters. The average molecular weight is 199 g/mol. The molecule has 3 heteroatoms. The maximum atomic E-state index is 5.91. The SMILES string of the molecule is CC(N)CC1(C2CCOCC2)COC1. The summed E-state index contributed by atoms with van der Waals surface area (Å²) in [7, 11) is 0. The molecule has 82 valence electrons. The van der Waals surface area contributed by atoms with Crippen LogP contribution in [-0.4, -0.2) is 32.5 Å². The molecule has 0 saturated carbocycles. The predicted molar refractivity (Wildman–Crippen MR) is 55.1 cm³/mol. The number of hydrogen-bond donors (Lipinski definition) is 1. The van der Waals surface area contributed by atoms with Crippen molar-refractivity contribution < 1.29 is 9.47 Å². The van der Waals surface area contributed by atoms with Crippen LogP contribution in [0, 0.1) is 11.3 Å². The topological polar surface area (TPSA) is 44.5 Å². The molecule has 0 aromatic rings. The Bertz CT molecular complexity index is 184. The highest BCUT2D eigenvalue weighted by molar-refractivity contribution is 4.94. The van der Waals surface area contributed by atoms with Gasteiger partial charge < -0.3 is 15.2 Å². The molecule has 1 atom stereocenters. The van der Waals surface area contributed by atoms with Crippen molar-refractivity contribution in [2.45, 2.75) is 32.2 Å². The van der Waals surface area contributed by atoms with Gasteiger partial charge in [-0.15, -0.1) is 0 Å². The summed E-state index contributed by atoms with van der Waals surface area (Å²) in [6, 6.07) is 0.293. The molecule has 0 aromatic carbocycles. The van der Waals surface area contributed by atoms with Crippen LogP contribution < -0.4 is 5.73 Å². The first-order valence-corrected chi connectivity index (χ1v) is 5.64. The highest BCUT2D eigenvalue weighted by atomic mass is 16.5. The van der Waals surface area contributed by atoms with E-state index >= 15 is 0 Å². The molecule has 2 aliphatic rings. The summed E-state index contributed by atoms with van der Waals surface area (Å²) in [4.78, 5) is 0. The van der Waals surface area contributed by atoms with Crippen LogP contribution in [0.3, 0.4) is 0 Å². The fraction of sp³-hybridized carbons (Fsp3) is 1.00. The highest BCUT2D eigenvalue weighted by Crippen LogP contribution is 2.44. The summed E-state index contributed by atoms with van der Waals surface area (Å²) in [5.41, 5.74) is 6.29. The minimum Gasteiger partial charge on any atom is -0.381 e. The summed E-state index contributed by atoms with van der Waals surface area (Å²) < 4.78 is 10.8. The van der Waals surface area contributed by atoms with Gasteiger partial charge in [-0.25, -0.2) is 0 Å². The van der Waals surface area contributed by atoms with E-state index in [2.05, 4.69) is 6.92 Å². The molecule has 2 heterocycles. The largest absolute Gasteiger partial charge is 0.381 e. The van der Waals surface area contributed by atoms with Crippen molar-refractivity contribution in [3.8, 4) is 0 Å². The highest BCUT2D eigenvalue weighted by Gasteiger charge is 2.45. The van der Waals surface area contributed by atoms with Crippen LogP contribution in [0.4, 0.5) is 0 Å². The lowest BCUT2D eigenvalue weighted by Crippen LogP contribution is -2.52. The van der Waals surface area contributed by atoms with E-state index in [9.17, 15) is 0 Å². The van der Waals surface area contributed by atoms with E-state index in [1.165, 1.54) is 12.8 Å². The van der Waals surface area contributed by atoms with Gasteiger partial charge in [0.2, 0.25) is 0 Å². The Morgan fingerprint density at radius 2 is 1.93 bits per heavy atom. The van der Waals surface area contributed by atoms with Crippen molar-refractivity contribution in [2.24, 2.45) is 17.1 Å². The summed E-state index contributed by atoms with van der Waals surface area (Å²) in [6.07, 6.45) is 3.49. The first-order valence-electron chi connectivity index (χ1n) is 5.64. The van der Waals surface area contributed by atoms with Gasteiger partial charge in [-0.05, 0) is 32.1 Å². The quantitative estimate of drug-likeness (QED) is 0.742. The minimum absolute atomic E-state index is 0.293. The van der Waals surface area contributed by atoms with Gasteiger partial charge in [0.1, 0.15) is 0 Å². The van der Waals surface area contributed by atoms with Crippen LogP contribution in [0.2, 0.25) is 0 Å². The van der Waals surface area contributed by atoms with Crippen LogP contribution in [0.5, 0.6) is 0 Å². The monoisotopic (exact) mass is 199 g/mol. The molecule has 0 spiro atoms. The average Bonchev–Trinajstić information content (AvgIpc) is 2.12. The normalized spacial score (nSPS) is 29.6. The number of ether oxygens (including phenoxy) is 2. The molecule has 14 heavy (non-hydrogen) atoms. The Morgan fingerprint density at radius 3 is 2.36 bits per heavy atom. The molecule has 0 bridgehead atoms. The van der Waals surface area contributed by atoms with Gasteiger partial charge in [-0.3, -0.25) is 0 Å². The molecule has 0 radical (unpaired) electrons. The fourth-order valence-corrected chi connectivity index (χ4v) is 2.84. The number of nitrogens with two attached hydrogens (primary N) is 1.